The largest absolute Gasteiger partial charge is 0.326 e. The average molecular weight is 401 g/mol. The van der Waals surface area contributed by atoms with Crippen molar-refractivity contribution in [3.8, 4) is 0 Å². The summed E-state index contributed by atoms with van der Waals surface area (Å²) in [7, 11) is -3.70. The maximum Gasteiger partial charge on any atom is 0.272 e. The van der Waals surface area contributed by atoms with E-state index in [1.54, 1.807) is 0 Å². The van der Waals surface area contributed by atoms with E-state index in [1.807, 2.05) is 31.2 Å². The van der Waals surface area contributed by atoms with Crippen molar-refractivity contribution in [3.05, 3.63) is 65.5 Å². The molecule has 0 aromatic heterocycles. The number of aliphatic imine (C=N–C) groups is 1. The summed E-state index contributed by atoms with van der Waals surface area (Å²) >= 11 is 0. The lowest BCUT2D eigenvalue weighted by Crippen LogP contribution is -2.52. The fourth-order valence-electron chi connectivity index (χ4n) is 3.64. The predicted octanol–water partition coefficient (Wildman–Crippen LogP) is 2.23. The minimum Gasteiger partial charge on any atom is -0.326 e. The summed E-state index contributed by atoms with van der Waals surface area (Å²) in [6.45, 7) is 2.40. The molecule has 1 spiro atoms. The molecule has 2 aromatic carbocycles. The molecule has 1 saturated heterocycles. The molecule has 2 aliphatic heterocycles. The Balaban J connectivity index is 1.54. The highest BCUT2D eigenvalue weighted by molar-refractivity contribution is 7.89. The molecular weight excluding hydrogens is 381 g/mol. The summed E-state index contributed by atoms with van der Waals surface area (Å²) in [5, 5.41) is 2.94. The Hall–Kier alpha value is -2.58. The van der Waals surface area contributed by atoms with Gasteiger partial charge in [-0.25, -0.2) is 12.8 Å². The number of hydrogen-bond acceptors (Lipinski definition) is 4. The van der Waals surface area contributed by atoms with Crippen LogP contribution in [-0.4, -0.2) is 43.1 Å². The molecule has 28 heavy (non-hydrogen) atoms. The third-order valence-corrected chi connectivity index (χ3v) is 7.09. The van der Waals surface area contributed by atoms with Crippen LogP contribution in [0, 0.1) is 12.7 Å². The van der Waals surface area contributed by atoms with Gasteiger partial charge in [-0.2, -0.15) is 4.31 Å². The highest BCUT2D eigenvalue weighted by atomic mass is 32.2. The first kappa shape index (κ1) is 18.8. The highest BCUT2D eigenvalue weighted by Crippen LogP contribution is 2.31. The van der Waals surface area contributed by atoms with Gasteiger partial charge in [0.25, 0.3) is 5.91 Å². The molecule has 146 valence electrons. The zero-order valence-corrected chi connectivity index (χ0v) is 16.2. The Morgan fingerprint density at radius 1 is 1.11 bits per heavy atom. The highest BCUT2D eigenvalue weighted by Gasteiger charge is 2.44. The Bertz CT molecular complexity index is 1060. The van der Waals surface area contributed by atoms with Crippen molar-refractivity contribution in [3.63, 3.8) is 0 Å². The normalized spacial score (nSPS) is 19.5. The van der Waals surface area contributed by atoms with E-state index in [0.717, 1.165) is 23.3 Å². The zero-order chi connectivity index (χ0) is 19.9. The van der Waals surface area contributed by atoms with Crippen LogP contribution in [0.4, 0.5) is 4.39 Å². The lowest BCUT2D eigenvalue weighted by molar-refractivity contribution is -0.115. The Morgan fingerprint density at radius 2 is 1.79 bits per heavy atom. The second-order valence-electron chi connectivity index (χ2n) is 7.17. The number of benzene rings is 2. The Kier molecular flexibility index (Phi) is 4.55. The fourth-order valence-corrected chi connectivity index (χ4v) is 5.08. The topological polar surface area (TPSA) is 78.8 Å². The molecule has 0 bridgehead atoms. The predicted molar refractivity (Wildman–Crippen MR) is 103 cm³/mol. The second kappa shape index (κ2) is 6.79. The summed E-state index contributed by atoms with van der Waals surface area (Å²) in [6.07, 6.45) is 0.767. The number of carbonyl (C=O) groups excluding carboxylic acids is 1. The fraction of sp³-hybridized carbons (Fsp3) is 0.300. The molecule has 2 aromatic rings. The van der Waals surface area contributed by atoms with Gasteiger partial charge in [-0.05, 0) is 37.3 Å². The molecule has 0 aliphatic carbocycles. The number of hydrogen-bond donors (Lipinski definition) is 1. The van der Waals surface area contributed by atoms with E-state index in [-0.39, 0.29) is 23.9 Å². The standard InChI is InChI=1S/C20H20FN3O3S/c1-14-3-2-4-15(13-14)18-19(25)23-20(22-18)9-11-24(12-10-20)28(26,27)17-7-5-16(21)6-8-17/h2-8,13H,9-12H2,1H3,(H,23,25). The number of aryl methyl sites for hydroxylation is 1. The van der Waals surface area contributed by atoms with Crippen molar-refractivity contribution in [2.45, 2.75) is 30.3 Å². The van der Waals surface area contributed by atoms with Crippen LogP contribution in [0.25, 0.3) is 0 Å². The van der Waals surface area contributed by atoms with Crippen molar-refractivity contribution in [1.29, 1.82) is 0 Å². The second-order valence-corrected chi connectivity index (χ2v) is 9.11. The molecule has 1 amide bonds. The van der Waals surface area contributed by atoms with Crippen molar-refractivity contribution in [2.75, 3.05) is 13.1 Å². The van der Waals surface area contributed by atoms with Crippen LogP contribution in [-0.2, 0) is 14.8 Å². The van der Waals surface area contributed by atoms with Gasteiger partial charge in [-0.1, -0.05) is 23.8 Å². The van der Waals surface area contributed by atoms with Gasteiger partial charge in [-0.3, -0.25) is 9.79 Å². The van der Waals surface area contributed by atoms with Crippen LogP contribution in [0.2, 0.25) is 0 Å². The maximum absolute atomic E-state index is 13.1. The molecule has 0 atom stereocenters. The number of carbonyl (C=O) groups is 1. The minimum absolute atomic E-state index is 0.0595. The third-order valence-electron chi connectivity index (χ3n) is 5.18. The van der Waals surface area contributed by atoms with Gasteiger partial charge in [0.2, 0.25) is 10.0 Å². The summed E-state index contributed by atoms with van der Waals surface area (Å²) < 4.78 is 40.0. The van der Waals surface area contributed by atoms with E-state index in [9.17, 15) is 17.6 Å². The smallest absolute Gasteiger partial charge is 0.272 e. The van der Waals surface area contributed by atoms with E-state index in [4.69, 9.17) is 0 Å². The quantitative estimate of drug-likeness (QED) is 0.857. The molecule has 8 heteroatoms. The number of halogens is 1. The molecule has 1 fully saturated rings. The first-order valence-electron chi connectivity index (χ1n) is 9.04. The average Bonchev–Trinajstić information content (AvgIpc) is 2.98. The van der Waals surface area contributed by atoms with Crippen molar-refractivity contribution < 1.29 is 17.6 Å². The van der Waals surface area contributed by atoms with Gasteiger partial charge in [0, 0.05) is 31.5 Å². The van der Waals surface area contributed by atoms with Crippen molar-refractivity contribution in [1.82, 2.24) is 9.62 Å². The van der Waals surface area contributed by atoms with Crippen LogP contribution in [0.15, 0.2) is 58.4 Å². The van der Waals surface area contributed by atoms with Crippen LogP contribution in [0.1, 0.15) is 24.0 Å². The van der Waals surface area contributed by atoms with Gasteiger partial charge in [0.05, 0.1) is 4.90 Å². The van der Waals surface area contributed by atoms with E-state index < -0.39 is 21.5 Å². The van der Waals surface area contributed by atoms with Crippen molar-refractivity contribution >= 4 is 21.6 Å². The number of piperidine rings is 1. The Morgan fingerprint density at radius 3 is 2.43 bits per heavy atom. The van der Waals surface area contributed by atoms with Gasteiger partial charge in [0.15, 0.2) is 0 Å². The minimum atomic E-state index is -3.70. The van der Waals surface area contributed by atoms with Crippen LogP contribution < -0.4 is 5.32 Å². The molecular formula is C20H20FN3O3S. The molecule has 0 unspecified atom stereocenters. The first-order chi connectivity index (χ1) is 13.3. The monoisotopic (exact) mass is 401 g/mol. The van der Waals surface area contributed by atoms with Gasteiger partial charge in [-0.15, -0.1) is 0 Å². The third kappa shape index (κ3) is 3.33. The number of amides is 1. The molecule has 6 nitrogen and oxygen atoms in total. The summed E-state index contributed by atoms with van der Waals surface area (Å²) in [4.78, 5) is 17.2. The lowest BCUT2D eigenvalue weighted by atomic mass is 10.00. The zero-order valence-electron chi connectivity index (χ0n) is 15.4. The molecule has 2 heterocycles. The number of sulfonamides is 1. The lowest BCUT2D eigenvalue weighted by Gasteiger charge is -2.36. The maximum atomic E-state index is 13.1. The van der Waals surface area contributed by atoms with Crippen LogP contribution >= 0.6 is 0 Å². The summed E-state index contributed by atoms with van der Waals surface area (Å²) in [6, 6.07) is 12.4. The van der Waals surface area contributed by atoms with E-state index in [2.05, 4.69) is 10.3 Å². The first-order valence-corrected chi connectivity index (χ1v) is 10.5. The molecule has 0 radical (unpaired) electrons. The van der Waals surface area contributed by atoms with E-state index >= 15 is 0 Å². The Labute approximate surface area is 163 Å². The summed E-state index contributed by atoms with van der Waals surface area (Å²) in [5.41, 5.74) is 1.41. The SMILES string of the molecule is Cc1cccc(C2=NC3(CCN(S(=O)(=O)c4ccc(F)cc4)CC3)NC2=O)c1. The molecule has 0 saturated carbocycles. The number of nitrogens with zero attached hydrogens (tertiary/aromatic N) is 2. The molecule has 1 N–H and O–H groups in total. The van der Waals surface area contributed by atoms with E-state index in [0.29, 0.717) is 18.6 Å². The molecule has 4 rings (SSSR count). The van der Waals surface area contributed by atoms with Crippen molar-refractivity contribution in [2.24, 2.45) is 4.99 Å². The number of nitrogens with one attached hydrogen (secondary N) is 1. The van der Waals surface area contributed by atoms with E-state index in [1.165, 1.54) is 16.4 Å². The van der Waals surface area contributed by atoms with Crippen LogP contribution in [0.5, 0.6) is 0 Å². The van der Waals surface area contributed by atoms with Crippen LogP contribution in [0.3, 0.4) is 0 Å². The van der Waals surface area contributed by atoms with Gasteiger partial charge >= 0.3 is 0 Å². The summed E-state index contributed by atoms with van der Waals surface area (Å²) in [5.74, 6) is -0.719. The molecule has 2 aliphatic rings. The number of rotatable bonds is 3. The van der Waals surface area contributed by atoms with Gasteiger partial charge in [0.1, 0.15) is 17.2 Å². The van der Waals surface area contributed by atoms with Gasteiger partial charge < -0.3 is 5.32 Å².